The molecular formula is C20H19BrClN5O2. The molecule has 1 N–H and O–H groups in total. The number of carbonyl (C=O) groups excluding carboxylic acids is 1. The number of halogens is 2. The molecule has 29 heavy (non-hydrogen) atoms. The molecule has 0 radical (unpaired) electrons. The van der Waals surface area contributed by atoms with Crippen molar-refractivity contribution in [1.29, 1.82) is 0 Å². The van der Waals surface area contributed by atoms with Crippen molar-refractivity contribution in [2.75, 3.05) is 31.5 Å². The number of aromatic nitrogens is 2. The van der Waals surface area contributed by atoms with Gasteiger partial charge in [0.25, 0.3) is 5.89 Å². The van der Waals surface area contributed by atoms with Crippen molar-refractivity contribution >= 4 is 39.2 Å². The predicted octanol–water partition coefficient (Wildman–Crippen LogP) is 4.50. The Bertz CT molecular complexity index is 1000. The van der Waals surface area contributed by atoms with Crippen LogP contribution in [0.4, 0.5) is 10.5 Å². The van der Waals surface area contributed by atoms with Crippen LogP contribution in [0.2, 0.25) is 5.02 Å². The van der Waals surface area contributed by atoms with Crippen LogP contribution in [0.25, 0.3) is 11.5 Å². The Morgan fingerprint density at radius 3 is 2.69 bits per heavy atom. The number of rotatable bonds is 4. The first-order chi connectivity index (χ1) is 14.1. The normalized spacial score (nSPS) is 14.8. The maximum Gasteiger partial charge on any atom is 0.321 e. The molecule has 1 saturated heterocycles. The number of amides is 2. The number of carbonyl (C=O) groups is 1. The topological polar surface area (TPSA) is 74.5 Å². The van der Waals surface area contributed by atoms with E-state index in [2.05, 4.69) is 36.3 Å². The van der Waals surface area contributed by atoms with Gasteiger partial charge in [0, 0.05) is 36.3 Å². The third-order valence-corrected chi connectivity index (χ3v) is 5.50. The third-order valence-electron chi connectivity index (χ3n) is 4.67. The lowest BCUT2D eigenvalue weighted by Crippen LogP contribution is -2.49. The molecule has 0 bridgehead atoms. The molecule has 4 rings (SSSR count). The number of nitrogens with zero attached hydrogens (tertiary/aromatic N) is 4. The Morgan fingerprint density at radius 1 is 1.14 bits per heavy atom. The van der Waals surface area contributed by atoms with Crippen molar-refractivity contribution in [2.24, 2.45) is 0 Å². The minimum Gasteiger partial charge on any atom is -0.334 e. The molecule has 7 nitrogen and oxygen atoms in total. The van der Waals surface area contributed by atoms with Crippen LogP contribution in [-0.4, -0.2) is 52.2 Å². The van der Waals surface area contributed by atoms with Crippen molar-refractivity contribution in [2.45, 2.75) is 6.54 Å². The summed E-state index contributed by atoms with van der Waals surface area (Å²) in [7, 11) is 0. The summed E-state index contributed by atoms with van der Waals surface area (Å²) in [4.78, 5) is 20.9. The fourth-order valence-corrected chi connectivity index (χ4v) is 3.76. The zero-order valence-electron chi connectivity index (χ0n) is 15.5. The summed E-state index contributed by atoms with van der Waals surface area (Å²) in [6.45, 7) is 3.31. The number of anilines is 1. The van der Waals surface area contributed by atoms with E-state index in [1.165, 1.54) is 0 Å². The van der Waals surface area contributed by atoms with Crippen LogP contribution in [0.5, 0.6) is 0 Å². The van der Waals surface area contributed by atoms with E-state index < -0.39 is 0 Å². The summed E-state index contributed by atoms with van der Waals surface area (Å²) >= 11 is 9.60. The molecule has 150 valence electrons. The average Bonchev–Trinajstić information content (AvgIpc) is 3.17. The molecule has 2 aromatic carbocycles. The molecule has 1 fully saturated rings. The largest absolute Gasteiger partial charge is 0.334 e. The van der Waals surface area contributed by atoms with Gasteiger partial charge in [-0.15, -0.1) is 0 Å². The van der Waals surface area contributed by atoms with E-state index in [4.69, 9.17) is 16.1 Å². The number of hydrogen-bond acceptors (Lipinski definition) is 5. The van der Waals surface area contributed by atoms with Crippen molar-refractivity contribution in [3.05, 3.63) is 63.9 Å². The molecule has 0 aliphatic carbocycles. The van der Waals surface area contributed by atoms with E-state index in [9.17, 15) is 4.79 Å². The number of piperazine rings is 1. The summed E-state index contributed by atoms with van der Waals surface area (Å²) in [6.07, 6.45) is 0. The molecule has 2 heterocycles. The monoisotopic (exact) mass is 475 g/mol. The number of nitrogens with one attached hydrogen (secondary N) is 1. The summed E-state index contributed by atoms with van der Waals surface area (Å²) in [5.41, 5.74) is 1.49. The van der Waals surface area contributed by atoms with E-state index in [1.54, 1.807) is 6.07 Å². The first kappa shape index (κ1) is 19.9. The quantitative estimate of drug-likeness (QED) is 0.600. The van der Waals surface area contributed by atoms with Gasteiger partial charge in [-0.2, -0.15) is 4.98 Å². The Labute approximate surface area is 181 Å². The highest BCUT2D eigenvalue weighted by Gasteiger charge is 2.23. The second-order valence-corrected chi connectivity index (χ2v) is 8.02. The van der Waals surface area contributed by atoms with Gasteiger partial charge in [-0.3, -0.25) is 4.90 Å². The average molecular weight is 477 g/mol. The highest BCUT2D eigenvalue weighted by Crippen LogP contribution is 2.26. The van der Waals surface area contributed by atoms with Crippen LogP contribution >= 0.6 is 27.5 Å². The van der Waals surface area contributed by atoms with Crippen LogP contribution in [0.15, 0.2) is 57.5 Å². The van der Waals surface area contributed by atoms with Crippen molar-refractivity contribution in [3.8, 4) is 11.5 Å². The molecule has 1 aromatic heterocycles. The van der Waals surface area contributed by atoms with Gasteiger partial charge in [-0.1, -0.05) is 50.9 Å². The highest BCUT2D eigenvalue weighted by molar-refractivity contribution is 9.10. The minimum atomic E-state index is -0.0942. The smallest absolute Gasteiger partial charge is 0.321 e. The maximum atomic E-state index is 12.5. The summed E-state index contributed by atoms with van der Waals surface area (Å²) in [5, 5.41) is 7.57. The SMILES string of the molecule is O=C(Nc1cccc(Br)c1)N1CCN(Cc2noc(-c3ccccc3Cl)n2)CC1. The zero-order valence-corrected chi connectivity index (χ0v) is 17.9. The van der Waals surface area contributed by atoms with Crippen LogP contribution in [0, 0.1) is 0 Å². The fraction of sp³-hybridized carbons (Fsp3) is 0.250. The summed E-state index contributed by atoms with van der Waals surface area (Å²) in [6, 6.07) is 14.8. The molecule has 0 spiro atoms. The van der Waals surface area contributed by atoms with Crippen LogP contribution in [0.3, 0.4) is 0 Å². The molecule has 0 atom stereocenters. The van der Waals surface area contributed by atoms with E-state index in [-0.39, 0.29) is 6.03 Å². The third kappa shape index (κ3) is 4.95. The molecule has 9 heteroatoms. The zero-order chi connectivity index (χ0) is 20.2. The minimum absolute atomic E-state index is 0.0942. The van der Waals surface area contributed by atoms with E-state index in [0.29, 0.717) is 36.4 Å². The Balaban J connectivity index is 1.30. The first-order valence-corrected chi connectivity index (χ1v) is 10.4. The second kappa shape index (κ2) is 8.94. The lowest BCUT2D eigenvalue weighted by molar-refractivity contribution is 0.140. The number of benzene rings is 2. The van der Waals surface area contributed by atoms with E-state index >= 15 is 0 Å². The van der Waals surface area contributed by atoms with Crippen LogP contribution in [-0.2, 0) is 6.54 Å². The Kier molecular flexibility index (Phi) is 6.13. The summed E-state index contributed by atoms with van der Waals surface area (Å²) in [5.74, 6) is 1.02. The molecule has 2 amide bonds. The van der Waals surface area contributed by atoms with Gasteiger partial charge in [-0.05, 0) is 30.3 Å². The molecule has 3 aromatic rings. The van der Waals surface area contributed by atoms with Crippen molar-refractivity contribution in [1.82, 2.24) is 19.9 Å². The predicted molar refractivity (Wildman–Crippen MR) is 115 cm³/mol. The standard InChI is InChI=1S/C20H19BrClN5O2/c21-14-4-3-5-15(12-14)23-20(28)27-10-8-26(9-11-27)13-18-24-19(29-25-18)16-6-1-2-7-17(16)22/h1-7,12H,8-11,13H2,(H,23,28). The maximum absolute atomic E-state index is 12.5. The van der Waals surface area contributed by atoms with Gasteiger partial charge in [0.05, 0.1) is 17.1 Å². The van der Waals surface area contributed by atoms with Crippen LogP contribution in [0.1, 0.15) is 5.82 Å². The Morgan fingerprint density at radius 2 is 1.93 bits per heavy atom. The van der Waals surface area contributed by atoms with Crippen LogP contribution < -0.4 is 5.32 Å². The highest BCUT2D eigenvalue weighted by atomic mass is 79.9. The van der Waals surface area contributed by atoms with E-state index in [0.717, 1.165) is 28.8 Å². The molecule has 1 aliphatic rings. The molecule has 0 unspecified atom stereocenters. The lowest BCUT2D eigenvalue weighted by Gasteiger charge is -2.34. The lowest BCUT2D eigenvalue weighted by atomic mass is 10.2. The molecular weight excluding hydrogens is 458 g/mol. The summed E-state index contributed by atoms with van der Waals surface area (Å²) < 4.78 is 6.29. The van der Waals surface area contributed by atoms with Gasteiger partial charge in [0.1, 0.15) is 0 Å². The van der Waals surface area contributed by atoms with Gasteiger partial charge in [0.15, 0.2) is 5.82 Å². The molecule has 1 aliphatic heterocycles. The van der Waals surface area contributed by atoms with Gasteiger partial charge in [0.2, 0.25) is 0 Å². The van der Waals surface area contributed by atoms with E-state index in [1.807, 2.05) is 47.4 Å². The van der Waals surface area contributed by atoms with Gasteiger partial charge in [-0.25, -0.2) is 4.79 Å². The van der Waals surface area contributed by atoms with Gasteiger partial charge < -0.3 is 14.7 Å². The fourth-order valence-electron chi connectivity index (χ4n) is 3.14. The molecule has 0 saturated carbocycles. The Hall–Kier alpha value is -2.42. The van der Waals surface area contributed by atoms with Crippen molar-refractivity contribution in [3.63, 3.8) is 0 Å². The first-order valence-electron chi connectivity index (χ1n) is 9.20. The number of hydrogen-bond donors (Lipinski definition) is 1. The second-order valence-electron chi connectivity index (χ2n) is 6.70. The number of urea groups is 1. The van der Waals surface area contributed by atoms with Gasteiger partial charge >= 0.3 is 6.03 Å². The van der Waals surface area contributed by atoms with Crippen molar-refractivity contribution < 1.29 is 9.32 Å².